The smallest absolute Gasteiger partial charge is 0.227 e. The van der Waals surface area contributed by atoms with Crippen molar-refractivity contribution in [2.24, 2.45) is 0 Å². The summed E-state index contributed by atoms with van der Waals surface area (Å²) in [7, 11) is 0. The number of carbonyl (C=O) groups is 1. The monoisotopic (exact) mass is 381 g/mol. The highest BCUT2D eigenvalue weighted by molar-refractivity contribution is 6.30. The van der Waals surface area contributed by atoms with Crippen LogP contribution in [0.15, 0.2) is 18.2 Å². The van der Waals surface area contributed by atoms with Crippen LogP contribution >= 0.6 is 11.6 Å². The number of rotatable bonds is 3. The van der Waals surface area contributed by atoms with Crippen LogP contribution in [0.4, 0.5) is 4.39 Å². The van der Waals surface area contributed by atoms with Crippen LogP contribution in [0.1, 0.15) is 18.4 Å². The number of hydrogen-bond donors (Lipinski definition) is 1. The Morgan fingerprint density at radius 2 is 2.08 bits per heavy atom. The van der Waals surface area contributed by atoms with Gasteiger partial charge in [0.15, 0.2) is 0 Å². The molecule has 0 unspecified atom stereocenters. The minimum atomic E-state index is -0.476. The highest BCUT2D eigenvalue weighted by atomic mass is 35.5. The minimum absolute atomic E-state index is 0.0503. The van der Waals surface area contributed by atoms with Crippen molar-refractivity contribution in [1.29, 1.82) is 0 Å². The molecule has 142 valence electrons. The largest absolute Gasteiger partial charge is 0.378 e. The molecule has 1 aromatic rings. The van der Waals surface area contributed by atoms with Gasteiger partial charge in [-0.15, -0.1) is 0 Å². The molecule has 3 atom stereocenters. The van der Waals surface area contributed by atoms with Gasteiger partial charge in [-0.05, 0) is 43.6 Å². The molecule has 3 aliphatic heterocycles. The van der Waals surface area contributed by atoms with Gasteiger partial charge in [-0.25, -0.2) is 4.39 Å². The van der Waals surface area contributed by atoms with E-state index in [-0.39, 0.29) is 35.5 Å². The average molecular weight is 382 g/mol. The fourth-order valence-corrected chi connectivity index (χ4v) is 4.63. The lowest BCUT2D eigenvalue weighted by atomic mass is 9.92. The van der Waals surface area contributed by atoms with Crippen LogP contribution < -0.4 is 5.32 Å². The molecule has 1 N–H and O–H groups in total. The second-order valence-corrected chi connectivity index (χ2v) is 7.82. The first kappa shape index (κ1) is 18.2. The van der Waals surface area contributed by atoms with E-state index in [0.29, 0.717) is 25.3 Å². The zero-order valence-corrected chi connectivity index (χ0v) is 15.6. The van der Waals surface area contributed by atoms with E-state index in [1.54, 1.807) is 6.07 Å². The van der Waals surface area contributed by atoms with Crippen LogP contribution in [0, 0.1) is 5.82 Å². The predicted molar refractivity (Wildman–Crippen MR) is 97.8 cm³/mol. The van der Waals surface area contributed by atoms with Gasteiger partial charge < -0.3 is 15.0 Å². The first-order valence-electron chi connectivity index (χ1n) is 9.42. The Morgan fingerprint density at radius 3 is 2.85 bits per heavy atom. The van der Waals surface area contributed by atoms with Gasteiger partial charge in [0.1, 0.15) is 5.82 Å². The summed E-state index contributed by atoms with van der Waals surface area (Å²) in [5.41, 5.74) is 0.664. The Balaban J connectivity index is 1.52. The molecule has 0 aromatic heterocycles. The molecule has 0 aliphatic carbocycles. The molecule has 7 heteroatoms. The molecule has 0 bridgehead atoms. The lowest BCUT2D eigenvalue weighted by Crippen LogP contribution is -2.70. The third-order valence-corrected chi connectivity index (χ3v) is 6.09. The van der Waals surface area contributed by atoms with Gasteiger partial charge in [0.25, 0.3) is 0 Å². The van der Waals surface area contributed by atoms with E-state index in [2.05, 4.69) is 10.2 Å². The maximum atomic E-state index is 13.7. The summed E-state index contributed by atoms with van der Waals surface area (Å²) in [5, 5.41) is 3.60. The molecular formula is C19H25ClFN3O2. The van der Waals surface area contributed by atoms with Crippen LogP contribution in [-0.4, -0.2) is 73.2 Å². The summed E-state index contributed by atoms with van der Waals surface area (Å²) in [6, 6.07) is 5.11. The average Bonchev–Trinajstić information content (AvgIpc) is 3.18. The van der Waals surface area contributed by atoms with Gasteiger partial charge in [0, 0.05) is 13.1 Å². The van der Waals surface area contributed by atoms with Crippen LogP contribution in [0.25, 0.3) is 0 Å². The number of ether oxygens (including phenoxy) is 1. The van der Waals surface area contributed by atoms with Crippen molar-refractivity contribution >= 4 is 17.5 Å². The maximum absolute atomic E-state index is 13.7. The standard InChI is InChI=1S/C19H25ClFN3O2/c20-14-4-3-13(9-15(14)21)10-18(25)24-8-5-22-16-11-26-12-17(19(16)24)23-6-1-2-7-23/h3-4,9,16-17,19,22H,1-2,5-8,10-12H2/t16-,17+,19+/m1/s1. The number of hydrogen-bond acceptors (Lipinski definition) is 4. The number of fused-ring (bicyclic) bond motifs is 1. The van der Waals surface area contributed by atoms with Gasteiger partial charge >= 0.3 is 0 Å². The summed E-state index contributed by atoms with van der Waals surface area (Å²) in [4.78, 5) is 17.5. The number of piperazine rings is 1. The van der Waals surface area contributed by atoms with Crippen molar-refractivity contribution in [3.05, 3.63) is 34.6 Å². The summed E-state index contributed by atoms with van der Waals surface area (Å²) in [5.74, 6) is -0.425. The Morgan fingerprint density at radius 1 is 1.27 bits per heavy atom. The molecule has 3 heterocycles. The van der Waals surface area contributed by atoms with Gasteiger partial charge in [-0.3, -0.25) is 9.69 Å². The van der Waals surface area contributed by atoms with Crippen molar-refractivity contribution in [2.45, 2.75) is 37.4 Å². The van der Waals surface area contributed by atoms with Crippen LogP contribution in [0.5, 0.6) is 0 Å². The van der Waals surface area contributed by atoms with E-state index in [4.69, 9.17) is 16.3 Å². The fourth-order valence-electron chi connectivity index (χ4n) is 4.52. The molecule has 3 saturated heterocycles. The van der Waals surface area contributed by atoms with Crippen molar-refractivity contribution in [2.75, 3.05) is 39.4 Å². The predicted octanol–water partition coefficient (Wildman–Crippen LogP) is 1.69. The highest BCUT2D eigenvalue weighted by Crippen LogP contribution is 2.26. The lowest BCUT2D eigenvalue weighted by molar-refractivity contribution is -0.142. The Kier molecular flexibility index (Phi) is 5.45. The van der Waals surface area contributed by atoms with Gasteiger partial charge in [-0.1, -0.05) is 17.7 Å². The van der Waals surface area contributed by atoms with Crippen molar-refractivity contribution < 1.29 is 13.9 Å². The minimum Gasteiger partial charge on any atom is -0.378 e. The molecule has 0 radical (unpaired) electrons. The zero-order chi connectivity index (χ0) is 18.1. The van der Waals surface area contributed by atoms with Gasteiger partial charge in [0.05, 0.1) is 42.8 Å². The molecule has 26 heavy (non-hydrogen) atoms. The Hall–Kier alpha value is -1.21. The molecule has 3 fully saturated rings. The molecule has 4 rings (SSSR count). The van der Waals surface area contributed by atoms with Gasteiger partial charge in [-0.2, -0.15) is 0 Å². The summed E-state index contributed by atoms with van der Waals surface area (Å²) in [6.07, 6.45) is 2.61. The van der Waals surface area contributed by atoms with E-state index in [0.717, 1.165) is 19.6 Å². The molecule has 1 amide bonds. The second-order valence-electron chi connectivity index (χ2n) is 7.41. The number of benzene rings is 1. The lowest BCUT2D eigenvalue weighted by Gasteiger charge is -2.50. The van der Waals surface area contributed by atoms with E-state index in [1.165, 1.54) is 25.0 Å². The number of amides is 1. The zero-order valence-electron chi connectivity index (χ0n) is 14.8. The second kappa shape index (κ2) is 7.80. The molecule has 0 spiro atoms. The molecular weight excluding hydrogens is 357 g/mol. The van der Waals surface area contributed by atoms with Crippen LogP contribution in [0.2, 0.25) is 5.02 Å². The normalized spacial score (nSPS) is 29.6. The maximum Gasteiger partial charge on any atom is 0.227 e. The Labute approximate surface area is 158 Å². The van der Waals surface area contributed by atoms with E-state index in [9.17, 15) is 9.18 Å². The summed E-state index contributed by atoms with van der Waals surface area (Å²) >= 11 is 5.75. The first-order valence-corrected chi connectivity index (χ1v) is 9.80. The van der Waals surface area contributed by atoms with E-state index >= 15 is 0 Å². The SMILES string of the molecule is O=C(Cc1ccc(Cl)c(F)c1)N1CCN[C@@H]2COC[C@H](N3CCCC3)[C@H]21. The van der Waals surface area contributed by atoms with Crippen molar-refractivity contribution in [3.63, 3.8) is 0 Å². The third kappa shape index (κ3) is 3.60. The number of halogens is 2. The van der Waals surface area contributed by atoms with E-state index < -0.39 is 5.82 Å². The number of likely N-dealkylation sites (tertiary alicyclic amines) is 1. The number of nitrogens with one attached hydrogen (secondary N) is 1. The summed E-state index contributed by atoms with van der Waals surface area (Å²) < 4.78 is 19.5. The quantitative estimate of drug-likeness (QED) is 0.865. The molecule has 5 nitrogen and oxygen atoms in total. The number of carbonyl (C=O) groups excluding carboxylic acids is 1. The fraction of sp³-hybridized carbons (Fsp3) is 0.632. The van der Waals surface area contributed by atoms with Crippen LogP contribution in [0.3, 0.4) is 0 Å². The Bertz CT molecular complexity index is 666. The van der Waals surface area contributed by atoms with Crippen molar-refractivity contribution in [3.8, 4) is 0 Å². The summed E-state index contributed by atoms with van der Waals surface area (Å²) in [6.45, 7) is 4.89. The van der Waals surface area contributed by atoms with Crippen LogP contribution in [-0.2, 0) is 16.0 Å². The highest BCUT2D eigenvalue weighted by Gasteiger charge is 2.44. The van der Waals surface area contributed by atoms with Crippen molar-refractivity contribution in [1.82, 2.24) is 15.1 Å². The molecule has 0 saturated carbocycles. The third-order valence-electron chi connectivity index (χ3n) is 5.78. The molecule has 3 aliphatic rings. The van der Waals surface area contributed by atoms with E-state index in [1.807, 2.05) is 4.90 Å². The molecule has 1 aromatic carbocycles. The van der Waals surface area contributed by atoms with Gasteiger partial charge in [0.2, 0.25) is 5.91 Å². The topological polar surface area (TPSA) is 44.8 Å². The first-order chi connectivity index (χ1) is 12.6. The number of nitrogens with zero attached hydrogens (tertiary/aromatic N) is 2.